The first-order valence-electron chi connectivity index (χ1n) is 7.93. The highest BCUT2D eigenvalue weighted by atomic mass is 19.3. The van der Waals surface area contributed by atoms with Crippen LogP contribution in [0, 0.1) is 5.41 Å². The molecule has 1 aromatic rings. The van der Waals surface area contributed by atoms with Crippen LogP contribution in [0.15, 0.2) is 24.3 Å². The maximum absolute atomic E-state index is 12.5. The molecule has 7 heteroatoms. The highest BCUT2D eigenvalue weighted by Crippen LogP contribution is 2.49. The predicted octanol–water partition coefficient (Wildman–Crippen LogP) is 2.44. The Morgan fingerprint density at radius 3 is 2.75 bits per heavy atom. The van der Waals surface area contributed by atoms with Crippen LogP contribution >= 0.6 is 0 Å². The first-order chi connectivity index (χ1) is 11.2. The molecule has 1 aliphatic rings. The van der Waals surface area contributed by atoms with Gasteiger partial charge in [-0.25, -0.2) is 0 Å². The smallest absolute Gasteiger partial charge is 0.387 e. The zero-order chi connectivity index (χ0) is 18.0. The van der Waals surface area contributed by atoms with Crippen molar-refractivity contribution in [3.8, 4) is 5.75 Å². The molecule has 2 atom stereocenters. The van der Waals surface area contributed by atoms with Crippen LogP contribution in [0.1, 0.15) is 32.8 Å². The number of nitrogens with one attached hydrogen (secondary N) is 1. The average molecular weight is 342 g/mol. The second-order valence-corrected chi connectivity index (χ2v) is 6.55. The molecule has 0 saturated heterocycles. The highest BCUT2D eigenvalue weighted by molar-refractivity contribution is 5.88. The summed E-state index contributed by atoms with van der Waals surface area (Å²) in [7, 11) is 0. The van der Waals surface area contributed by atoms with E-state index < -0.39 is 17.6 Å². The molecule has 0 spiro atoms. The predicted molar refractivity (Wildman–Crippen MR) is 85.7 cm³/mol. The summed E-state index contributed by atoms with van der Waals surface area (Å²) in [6.07, 6.45) is 0.398. The van der Waals surface area contributed by atoms with Gasteiger partial charge in [0.05, 0.1) is 6.10 Å². The van der Waals surface area contributed by atoms with Crippen molar-refractivity contribution in [3.05, 3.63) is 29.8 Å². The highest BCUT2D eigenvalue weighted by Gasteiger charge is 2.62. The molecule has 1 amide bonds. The standard InChI is InChI=1S/C17H24F2N2O3/c1-4-23-13-9-17(20,16(13,2)3)14(22)21-10-11-6-5-7-12(8-11)24-15(18)19/h5-8,13,15H,4,9-10,20H2,1-3H3,(H,21,22). The van der Waals surface area contributed by atoms with Crippen molar-refractivity contribution >= 4 is 5.91 Å². The third-order valence-electron chi connectivity index (χ3n) is 4.81. The molecule has 1 aromatic carbocycles. The summed E-state index contributed by atoms with van der Waals surface area (Å²) in [5.74, 6) is -0.219. The summed E-state index contributed by atoms with van der Waals surface area (Å²) >= 11 is 0. The van der Waals surface area contributed by atoms with Crippen LogP contribution in [-0.4, -0.2) is 30.8 Å². The van der Waals surface area contributed by atoms with E-state index in [0.717, 1.165) is 0 Å². The lowest BCUT2D eigenvalue weighted by molar-refractivity contribution is -0.170. The fourth-order valence-electron chi connectivity index (χ4n) is 2.99. The van der Waals surface area contributed by atoms with Gasteiger partial charge in [-0.3, -0.25) is 4.79 Å². The van der Waals surface area contributed by atoms with E-state index in [2.05, 4.69) is 10.1 Å². The van der Waals surface area contributed by atoms with Gasteiger partial charge in [-0.1, -0.05) is 26.0 Å². The van der Waals surface area contributed by atoms with Crippen LogP contribution in [0.2, 0.25) is 0 Å². The number of hydrogen-bond acceptors (Lipinski definition) is 4. The van der Waals surface area contributed by atoms with Gasteiger partial charge in [0.25, 0.3) is 0 Å². The van der Waals surface area contributed by atoms with Gasteiger partial charge in [-0.2, -0.15) is 8.78 Å². The molecule has 1 aliphatic carbocycles. The minimum Gasteiger partial charge on any atom is -0.435 e. The lowest BCUT2D eigenvalue weighted by Crippen LogP contribution is -2.75. The van der Waals surface area contributed by atoms with E-state index in [1.165, 1.54) is 12.1 Å². The number of carbonyl (C=O) groups is 1. The molecule has 0 heterocycles. The van der Waals surface area contributed by atoms with E-state index in [0.29, 0.717) is 18.6 Å². The SMILES string of the molecule is CCOC1CC(N)(C(=O)NCc2cccc(OC(F)F)c2)C1(C)C. The fraction of sp³-hybridized carbons (Fsp3) is 0.588. The fourth-order valence-corrected chi connectivity index (χ4v) is 2.99. The number of amides is 1. The maximum atomic E-state index is 12.5. The maximum Gasteiger partial charge on any atom is 0.387 e. The minimum atomic E-state index is -2.88. The largest absolute Gasteiger partial charge is 0.435 e. The Morgan fingerprint density at radius 1 is 1.46 bits per heavy atom. The lowest BCUT2D eigenvalue weighted by atomic mass is 9.54. The van der Waals surface area contributed by atoms with Gasteiger partial charge >= 0.3 is 6.61 Å². The summed E-state index contributed by atoms with van der Waals surface area (Å²) in [6.45, 7) is 3.60. The molecule has 0 radical (unpaired) electrons. The van der Waals surface area contributed by atoms with Crippen molar-refractivity contribution < 1.29 is 23.0 Å². The number of carbonyl (C=O) groups excluding carboxylic acids is 1. The quantitative estimate of drug-likeness (QED) is 0.798. The molecule has 0 bridgehead atoms. The molecule has 2 unspecified atom stereocenters. The summed E-state index contributed by atoms with van der Waals surface area (Å²) in [5, 5.41) is 2.78. The van der Waals surface area contributed by atoms with Gasteiger partial charge in [0.1, 0.15) is 11.3 Å². The summed E-state index contributed by atoms with van der Waals surface area (Å²) in [6, 6.07) is 6.21. The molecular formula is C17H24F2N2O3. The summed E-state index contributed by atoms with van der Waals surface area (Å²) < 4.78 is 34.4. The lowest BCUT2D eigenvalue weighted by Gasteiger charge is -2.57. The third-order valence-corrected chi connectivity index (χ3v) is 4.81. The van der Waals surface area contributed by atoms with Crippen LogP contribution in [0.5, 0.6) is 5.75 Å². The number of ether oxygens (including phenoxy) is 2. The normalized spacial score (nSPS) is 25.2. The molecule has 1 fully saturated rings. The van der Waals surface area contributed by atoms with E-state index in [-0.39, 0.29) is 24.3 Å². The Balaban J connectivity index is 1.96. The Kier molecular flexibility index (Phi) is 5.45. The van der Waals surface area contributed by atoms with Gasteiger partial charge in [-0.05, 0) is 24.6 Å². The Labute approximate surface area is 140 Å². The van der Waals surface area contributed by atoms with Gasteiger partial charge in [0.2, 0.25) is 5.91 Å². The monoisotopic (exact) mass is 342 g/mol. The molecule has 2 rings (SSSR count). The average Bonchev–Trinajstić information content (AvgIpc) is 2.52. The Morgan fingerprint density at radius 2 is 2.17 bits per heavy atom. The van der Waals surface area contributed by atoms with E-state index in [4.69, 9.17) is 10.5 Å². The van der Waals surface area contributed by atoms with Gasteiger partial charge < -0.3 is 20.5 Å². The molecule has 134 valence electrons. The van der Waals surface area contributed by atoms with Crippen LogP contribution < -0.4 is 15.8 Å². The number of hydrogen-bond donors (Lipinski definition) is 2. The number of benzene rings is 1. The number of rotatable bonds is 7. The van der Waals surface area contributed by atoms with Gasteiger partial charge in [0.15, 0.2) is 0 Å². The van der Waals surface area contributed by atoms with E-state index in [1.54, 1.807) is 12.1 Å². The molecular weight excluding hydrogens is 318 g/mol. The molecule has 24 heavy (non-hydrogen) atoms. The minimum absolute atomic E-state index is 0.0546. The van der Waals surface area contributed by atoms with Crippen molar-refractivity contribution in [2.75, 3.05) is 6.61 Å². The van der Waals surface area contributed by atoms with E-state index in [1.807, 2.05) is 20.8 Å². The first kappa shape index (κ1) is 18.6. The van der Waals surface area contributed by atoms with E-state index >= 15 is 0 Å². The van der Waals surface area contributed by atoms with Crippen molar-refractivity contribution in [2.24, 2.45) is 11.1 Å². The second kappa shape index (κ2) is 7.03. The van der Waals surface area contributed by atoms with Crippen LogP contribution in [-0.2, 0) is 16.1 Å². The van der Waals surface area contributed by atoms with E-state index in [9.17, 15) is 13.6 Å². The summed E-state index contributed by atoms with van der Waals surface area (Å²) in [5.41, 5.74) is 5.46. The number of halogens is 2. The van der Waals surface area contributed by atoms with Gasteiger partial charge in [0, 0.05) is 25.0 Å². The van der Waals surface area contributed by atoms with Crippen LogP contribution in [0.25, 0.3) is 0 Å². The number of nitrogens with two attached hydrogens (primary N) is 1. The first-order valence-corrected chi connectivity index (χ1v) is 7.93. The molecule has 0 aliphatic heterocycles. The summed E-state index contributed by atoms with van der Waals surface area (Å²) in [4.78, 5) is 12.5. The Hall–Kier alpha value is -1.73. The zero-order valence-electron chi connectivity index (χ0n) is 14.1. The van der Waals surface area contributed by atoms with Crippen molar-refractivity contribution in [1.29, 1.82) is 0 Å². The van der Waals surface area contributed by atoms with Crippen LogP contribution in [0.3, 0.4) is 0 Å². The zero-order valence-corrected chi connectivity index (χ0v) is 14.1. The molecule has 3 N–H and O–H groups in total. The van der Waals surface area contributed by atoms with Crippen molar-refractivity contribution in [1.82, 2.24) is 5.32 Å². The molecule has 1 saturated carbocycles. The Bertz CT molecular complexity index is 595. The van der Waals surface area contributed by atoms with Crippen molar-refractivity contribution in [3.63, 3.8) is 0 Å². The topological polar surface area (TPSA) is 73.6 Å². The van der Waals surface area contributed by atoms with Crippen molar-refractivity contribution in [2.45, 2.75) is 52.0 Å². The third kappa shape index (κ3) is 3.52. The second-order valence-electron chi connectivity index (χ2n) is 6.55. The van der Waals surface area contributed by atoms with Gasteiger partial charge in [-0.15, -0.1) is 0 Å². The number of alkyl halides is 2. The molecule has 5 nitrogen and oxygen atoms in total. The molecule has 0 aromatic heterocycles. The van der Waals surface area contributed by atoms with Crippen LogP contribution in [0.4, 0.5) is 8.78 Å².